The fourth-order valence-electron chi connectivity index (χ4n) is 4.07. The van der Waals surface area contributed by atoms with Crippen molar-refractivity contribution >= 4 is 28.9 Å². The zero-order chi connectivity index (χ0) is 22.6. The van der Waals surface area contributed by atoms with E-state index in [-0.39, 0.29) is 5.91 Å². The SMILES string of the molecule is COc1ccccc1N1CCN(C(=O)CSc2nccn3nc(-c4ccccc4)cc23)CC1. The average Bonchev–Trinajstić information content (AvgIpc) is 3.33. The number of carbonyl (C=O) groups excluding carboxylic acids is 1. The quantitative estimate of drug-likeness (QED) is 0.408. The standard InChI is InChI=1S/C25H25N5O2S/c1-32-23-10-6-5-9-21(23)28-13-15-29(16-14-28)24(31)18-33-25-22-17-20(19-7-3-2-4-8-19)27-30(22)12-11-26-25/h2-12,17H,13-16,18H2,1H3. The second-order valence-electron chi connectivity index (χ2n) is 7.79. The number of ether oxygens (including phenoxy) is 1. The Morgan fingerprint density at radius 2 is 1.79 bits per heavy atom. The van der Waals surface area contributed by atoms with Gasteiger partial charge in [0, 0.05) is 44.1 Å². The summed E-state index contributed by atoms with van der Waals surface area (Å²) in [5.74, 6) is 1.35. The molecule has 2 aromatic heterocycles. The zero-order valence-electron chi connectivity index (χ0n) is 18.4. The highest BCUT2D eigenvalue weighted by Crippen LogP contribution is 2.29. The summed E-state index contributed by atoms with van der Waals surface area (Å²) in [6.07, 6.45) is 3.57. The van der Waals surface area contributed by atoms with Crippen LogP contribution in [0.4, 0.5) is 5.69 Å². The number of methoxy groups -OCH3 is 1. The fraction of sp³-hybridized carbons (Fsp3) is 0.240. The van der Waals surface area contributed by atoms with E-state index in [2.05, 4.69) is 21.0 Å². The fourth-order valence-corrected chi connectivity index (χ4v) is 4.95. The van der Waals surface area contributed by atoms with E-state index >= 15 is 0 Å². The third kappa shape index (κ3) is 4.52. The Morgan fingerprint density at radius 1 is 1.03 bits per heavy atom. The van der Waals surface area contributed by atoms with Gasteiger partial charge >= 0.3 is 0 Å². The molecule has 4 aromatic rings. The molecule has 3 heterocycles. The van der Waals surface area contributed by atoms with Gasteiger partial charge in [0.15, 0.2) is 0 Å². The topological polar surface area (TPSA) is 63.0 Å². The molecule has 5 rings (SSSR count). The number of rotatable bonds is 6. The van der Waals surface area contributed by atoms with Crippen molar-refractivity contribution in [2.24, 2.45) is 0 Å². The molecule has 0 bridgehead atoms. The molecule has 2 aromatic carbocycles. The molecule has 1 aliphatic heterocycles. The molecular formula is C25H25N5O2S. The molecule has 7 nitrogen and oxygen atoms in total. The van der Waals surface area contributed by atoms with Crippen LogP contribution in [0.15, 0.2) is 78.1 Å². The Morgan fingerprint density at radius 3 is 2.58 bits per heavy atom. The monoisotopic (exact) mass is 459 g/mol. The number of piperazine rings is 1. The molecule has 0 atom stereocenters. The molecule has 0 aliphatic carbocycles. The van der Waals surface area contributed by atoms with Crippen molar-refractivity contribution in [3.63, 3.8) is 0 Å². The van der Waals surface area contributed by atoms with E-state index in [9.17, 15) is 4.79 Å². The van der Waals surface area contributed by atoms with Gasteiger partial charge in [-0.3, -0.25) is 4.79 Å². The molecule has 168 valence electrons. The summed E-state index contributed by atoms with van der Waals surface area (Å²) in [5, 5.41) is 5.48. The first-order chi connectivity index (χ1) is 16.2. The van der Waals surface area contributed by atoms with Gasteiger partial charge in [-0.2, -0.15) is 5.10 Å². The smallest absolute Gasteiger partial charge is 0.233 e. The Labute approximate surface area is 197 Å². The van der Waals surface area contributed by atoms with Crippen molar-refractivity contribution in [2.45, 2.75) is 5.03 Å². The Hall–Kier alpha value is -3.52. The number of nitrogens with zero attached hydrogens (tertiary/aromatic N) is 5. The maximum Gasteiger partial charge on any atom is 0.233 e. The molecule has 1 aliphatic rings. The minimum atomic E-state index is 0.131. The predicted octanol–water partition coefficient (Wildman–Crippen LogP) is 3.85. The number of anilines is 1. The highest BCUT2D eigenvalue weighted by Gasteiger charge is 2.23. The van der Waals surface area contributed by atoms with E-state index in [1.807, 2.05) is 70.2 Å². The van der Waals surface area contributed by atoms with Crippen molar-refractivity contribution in [1.82, 2.24) is 19.5 Å². The maximum atomic E-state index is 12.9. The summed E-state index contributed by atoms with van der Waals surface area (Å²) in [5.41, 5.74) is 3.94. The van der Waals surface area contributed by atoms with Crippen LogP contribution in [0.25, 0.3) is 16.8 Å². The van der Waals surface area contributed by atoms with Crippen LogP contribution in [-0.4, -0.2) is 64.4 Å². The Kier molecular flexibility index (Phi) is 6.17. The first-order valence-corrected chi connectivity index (χ1v) is 11.9. The number of fused-ring (bicyclic) bond motifs is 1. The number of amides is 1. The molecular weight excluding hydrogens is 434 g/mol. The summed E-state index contributed by atoms with van der Waals surface area (Å²) in [4.78, 5) is 21.6. The van der Waals surface area contributed by atoms with Gasteiger partial charge in [0.1, 0.15) is 10.8 Å². The molecule has 8 heteroatoms. The van der Waals surface area contributed by atoms with Crippen molar-refractivity contribution in [2.75, 3.05) is 43.9 Å². The van der Waals surface area contributed by atoms with E-state index in [1.54, 1.807) is 13.3 Å². The summed E-state index contributed by atoms with van der Waals surface area (Å²) in [7, 11) is 1.69. The highest BCUT2D eigenvalue weighted by molar-refractivity contribution is 8.00. The summed E-state index contributed by atoms with van der Waals surface area (Å²) in [6.45, 7) is 2.96. The van der Waals surface area contributed by atoms with E-state index in [0.717, 1.165) is 46.3 Å². The molecule has 1 amide bonds. The van der Waals surface area contributed by atoms with E-state index < -0.39 is 0 Å². The van der Waals surface area contributed by atoms with Crippen LogP contribution in [0, 0.1) is 0 Å². The molecule has 1 fully saturated rings. The van der Waals surface area contributed by atoms with E-state index in [1.165, 1.54) is 11.8 Å². The van der Waals surface area contributed by atoms with Crippen molar-refractivity contribution in [3.05, 3.63) is 73.1 Å². The summed E-state index contributed by atoms with van der Waals surface area (Å²) < 4.78 is 7.31. The third-order valence-corrected chi connectivity index (χ3v) is 6.79. The second-order valence-corrected chi connectivity index (χ2v) is 8.75. The Bertz CT molecular complexity index is 1250. The largest absolute Gasteiger partial charge is 0.495 e. The van der Waals surface area contributed by atoms with Crippen molar-refractivity contribution in [1.29, 1.82) is 0 Å². The van der Waals surface area contributed by atoms with E-state index in [0.29, 0.717) is 18.8 Å². The summed E-state index contributed by atoms with van der Waals surface area (Å²) >= 11 is 1.47. The van der Waals surface area contributed by atoms with Crippen LogP contribution in [0.1, 0.15) is 0 Å². The van der Waals surface area contributed by atoms with Gasteiger partial charge in [-0.15, -0.1) is 0 Å². The lowest BCUT2D eigenvalue weighted by molar-refractivity contribution is -0.128. The predicted molar refractivity (Wildman–Crippen MR) is 131 cm³/mol. The number of aromatic nitrogens is 3. The second kappa shape index (κ2) is 9.54. The molecule has 0 N–H and O–H groups in total. The van der Waals surface area contributed by atoms with Crippen LogP contribution >= 0.6 is 11.8 Å². The van der Waals surface area contributed by atoms with Crippen LogP contribution < -0.4 is 9.64 Å². The number of para-hydroxylation sites is 2. The van der Waals surface area contributed by atoms with Crippen LogP contribution in [0.3, 0.4) is 0 Å². The summed E-state index contributed by atoms with van der Waals surface area (Å²) in [6, 6.07) is 20.1. The number of benzene rings is 2. The minimum Gasteiger partial charge on any atom is -0.495 e. The van der Waals surface area contributed by atoms with Gasteiger partial charge in [0.05, 0.1) is 29.8 Å². The lowest BCUT2D eigenvalue weighted by atomic mass is 10.1. The number of carbonyl (C=O) groups is 1. The van der Waals surface area contributed by atoms with Gasteiger partial charge in [0.25, 0.3) is 0 Å². The lowest BCUT2D eigenvalue weighted by Gasteiger charge is -2.36. The van der Waals surface area contributed by atoms with Gasteiger partial charge < -0.3 is 14.5 Å². The first kappa shape index (κ1) is 21.3. The van der Waals surface area contributed by atoms with Crippen LogP contribution in [-0.2, 0) is 4.79 Å². The van der Waals surface area contributed by atoms with Crippen LogP contribution in [0.2, 0.25) is 0 Å². The number of hydrogen-bond donors (Lipinski definition) is 0. The van der Waals surface area contributed by atoms with Gasteiger partial charge in [-0.25, -0.2) is 9.50 Å². The first-order valence-electron chi connectivity index (χ1n) is 10.9. The highest BCUT2D eigenvalue weighted by atomic mass is 32.2. The molecule has 1 saturated heterocycles. The molecule has 0 radical (unpaired) electrons. The molecule has 33 heavy (non-hydrogen) atoms. The van der Waals surface area contributed by atoms with Crippen LogP contribution in [0.5, 0.6) is 5.75 Å². The lowest BCUT2D eigenvalue weighted by Crippen LogP contribution is -2.49. The number of thioether (sulfide) groups is 1. The average molecular weight is 460 g/mol. The Balaban J connectivity index is 1.22. The molecule has 0 saturated carbocycles. The normalized spacial score (nSPS) is 14.0. The maximum absolute atomic E-state index is 12.9. The van der Waals surface area contributed by atoms with Gasteiger partial charge in [-0.05, 0) is 18.2 Å². The van der Waals surface area contributed by atoms with Crippen molar-refractivity contribution < 1.29 is 9.53 Å². The van der Waals surface area contributed by atoms with Gasteiger partial charge in [0.2, 0.25) is 5.91 Å². The molecule has 0 unspecified atom stereocenters. The third-order valence-electron chi connectivity index (χ3n) is 5.81. The molecule has 0 spiro atoms. The van der Waals surface area contributed by atoms with Crippen molar-refractivity contribution in [3.8, 4) is 17.0 Å². The minimum absolute atomic E-state index is 0.131. The van der Waals surface area contributed by atoms with Gasteiger partial charge in [-0.1, -0.05) is 54.2 Å². The number of hydrogen-bond acceptors (Lipinski definition) is 6. The zero-order valence-corrected chi connectivity index (χ0v) is 19.2. The van der Waals surface area contributed by atoms with E-state index in [4.69, 9.17) is 4.74 Å².